The lowest BCUT2D eigenvalue weighted by atomic mass is 9.93. The average Bonchev–Trinajstić information content (AvgIpc) is 3.54. The highest BCUT2D eigenvalue weighted by Crippen LogP contribution is 2.45. The van der Waals surface area contributed by atoms with Gasteiger partial charge in [-0.15, -0.1) is 11.3 Å². The molecule has 0 amide bonds. The van der Waals surface area contributed by atoms with E-state index < -0.39 is 0 Å². The van der Waals surface area contributed by atoms with E-state index in [1.807, 2.05) is 11.3 Å². The molecule has 8 aromatic rings. The second-order valence-electron chi connectivity index (χ2n) is 9.40. The van der Waals surface area contributed by atoms with E-state index in [1.54, 1.807) is 0 Å². The summed E-state index contributed by atoms with van der Waals surface area (Å²) < 4.78 is 5.03. The fourth-order valence-corrected chi connectivity index (χ4v) is 6.97. The third-order valence-electron chi connectivity index (χ3n) is 7.41. The standard InChI is InChI=1S/C34H21NS/c1-2-10-25(11-3-1)35-19-18-29-31(35)21-30(24-15-14-22-8-4-5-9-23(22)20-24)27-16-17-28-26-12-6-7-13-32(26)36-34(28)33(27)29/h1-21H. The topological polar surface area (TPSA) is 4.93 Å². The van der Waals surface area contributed by atoms with Crippen molar-refractivity contribution in [3.8, 4) is 16.8 Å². The van der Waals surface area contributed by atoms with Crippen LogP contribution in [0.3, 0.4) is 0 Å². The Kier molecular flexibility index (Phi) is 4.16. The van der Waals surface area contributed by atoms with Gasteiger partial charge in [0.05, 0.1) is 5.52 Å². The van der Waals surface area contributed by atoms with Crippen molar-refractivity contribution in [2.24, 2.45) is 0 Å². The Labute approximate surface area is 212 Å². The average molecular weight is 476 g/mol. The molecule has 0 spiro atoms. The van der Waals surface area contributed by atoms with E-state index in [1.165, 1.54) is 69.4 Å². The summed E-state index contributed by atoms with van der Waals surface area (Å²) in [6, 6.07) is 44.2. The lowest BCUT2D eigenvalue weighted by molar-refractivity contribution is 1.13. The molecular weight excluding hydrogens is 454 g/mol. The second kappa shape index (κ2) is 7.55. The molecule has 2 aromatic heterocycles. The maximum atomic E-state index is 2.38. The van der Waals surface area contributed by atoms with Crippen LogP contribution in [0.4, 0.5) is 0 Å². The van der Waals surface area contributed by atoms with Crippen LogP contribution in [0.25, 0.3) is 69.4 Å². The molecule has 168 valence electrons. The number of hydrogen-bond donors (Lipinski definition) is 0. The van der Waals surface area contributed by atoms with E-state index in [2.05, 4.69) is 132 Å². The molecule has 0 atom stereocenters. The maximum Gasteiger partial charge on any atom is 0.0541 e. The van der Waals surface area contributed by atoms with Crippen molar-refractivity contribution in [3.63, 3.8) is 0 Å². The number of thiophene rings is 1. The van der Waals surface area contributed by atoms with Crippen LogP contribution >= 0.6 is 11.3 Å². The zero-order valence-electron chi connectivity index (χ0n) is 19.5. The highest BCUT2D eigenvalue weighted by atomic mass is 32.1. The number of rotatable bonds is 2. The Bertz CT molecular complexity index is 2090. The summed E-state index contributed by atoms with van der Waals surface area (Å²) in [5, 5.41) is 9.18. The molecular formula is C34H21NS. The molecule has 0 N–H and O–H groups in total. The molecule has 1 nitrogen and oxygen atoms in total. The summed E-state index contributed by atoms with van der Waals surface area (Å²) in [4.78, 5) is 0. The van der Waals surface area contributed by atoms with E-state index in [9.17, 15) is 0 Å². The predicted molar refractivity (Wildman–Crippen MR) is 157 cm³/mol. The number of hydrogen-bond acceptors (Lipinski definition) is 1. The Morgan fingerprint density at radius 2 is 1.31 bits per heavy atom. The zero-order valence-corrected chi connectivity index (χ0v) is 20.3. The summed E-state index contributed by atoms with van der Waals surface area (Å²) in [6.07, 6.45) is 2.22. The molecule has 0 unspecified atom stereocenters. The Morgan fingerprint density at radius 1 is 0.528 bits per heavy atom. The normalized spacial score (nSPS) is 11.9. The fourth-order valence-electron chi connectivity index (χ4n) is 5.71. The third kappa shape index (κ3) is 2.82. The van der Waals surface area contributed by atoms with E-state index in [4.69, 9.17) is 0 Å². The van der Waals surface area contributed by atoms with Gasteiger partial charge in [0.2, 0.25) is 0 Å². The van der Waals surface area contributed by atoms with Gasteiger partial charge < -0.3 is 4.57 Å². The first-order valence-electron chi connectivity index (χ1n) is 12.3. The highest BCUT2D eigenvalue weighted by Gasteiger charge is 2.17. The van der Waals surface area contributed by atoms with Gasteiger partial charge in [0.1, 0.15) is 0 Å². The summed E-state index contributed by atoms with van der Waals surface area (Å²) in [6.45, 7) is 0. The Balaban J connectivity index is 1.55. The first-order chi connectivity index (χ1) is 17.8. The van der Waals surface area contributed by atoms with Crippen LogP contribution < -0.4 is 0 Å². The van der Waals surface area contributed by atoms with Crippen molar-refractivity contribution in [1.82, 2.24) is 4.57 Å². The number of aromatic nitrogens is 1. The number of nitrogens with zero attached hydrogens (tertiary/aromatic N) is 1. The molecule has 2 heterocycles. The molecule has 2 heteroatoms. The summed E-state index contributed by atoms with van der Waals surface area (Å²) in [5.41, 5.74) is 4.95. The quantitative estimate of drug-likeness (QED) is 0.234. The predicted octanol–water partition coefficient (Wildman–Crippen LogP) is 9.97. The minimum absolute atomic E-state index is 1.18. The maximum absolute atomic E-state index is 2.38. The van der Waals surface area contributed by atoms with Gasteiger partial charge >= 0.3 is 0 Å². The van der Waals surface area contributed by atoms with E-state index >= 15 is 0 Å². The van der Waals surface area contributed by atoms with Crippen molar-refractivity contribution in [1.29, 1.82) is 0 Å². The van der Waals surface area contributed by atoms with Gasteiger partial charge in [-0.2, -0.15) is 0 Å². The van der Waals surface area contributed by atoms with E-state index in [0.29, 0.717) is 0 Å². The lowest BCUT2D eigenvalue weighted by Crippen LogP contribution is -1.92. The lowest BCUT2D eigenvalue weighted by Gasteiger charge is -2.13. The second-order valence-corrected chi connectivity index (χ2v) is 10.5. The van der Waals surface area contributed by atoms with Gasteiger partial charge in [-0.3, -0.25) is 0 Å². The number of fused-ring (bicyclic) bond motifs is 8. The van der Waals surface area contributed by atoms with Crippen molar-refractivity contribution in [2.45, 2.75) is 0 Å². The van der Waals surface area contributed by atoms with Crippen LogP contribution in [0.5, 0.6) is 0 Å². The Morgan fingerprint density at radius 3 is 2.22 bits per heavy atom. The van der Waals surface area contributed by atoms with Gasteiger partial charge in [0, 0.05) is 42.8 Å². The molecule has 0 aliphatic heterocycles. The smallest absolute Gasteiger partial charge is 0.0541 e. The van der Waals surface area contributed by atoms with Gasteiger partial charge in [0.15, 0.2) is 0 Å². The SMILES string of the molecule is c1ccc(-n2ccc3c4c(ccc5c6ccccc6sc54)c(-c4ccc5ccccc5c4)cc32)cc1. The van der Waals surface area contributed by atoms with Gasteiger partial charge in [0.25, 0.3) is 0 Å². The monoisotopic (exact) mass is 475 g/mol. The van der Waals surface area contributed by atoms with Crippen molar-refractivity contribution in [2.75, 3.05) is 0 Å². The van der Waals surface area contributed by atoms with Crippen molar-refractivity contribution in [3.05, 3.63) is 128 Å². The van der Waals surface area contributed by atoms with E-state index in [-0.39, 0.29) is 0 Å². The van der Waals surface area contributed by atoms with Crippen molar-refractivity contribution >= 4 is 64.0 Å². The molecule has 0 aliphatic carbocycles. The minimum Gasteiger partial charge on any atom is -0.317 e. The van der Waals surface area contributed by atoms with E-state index in [0.717, 1.165) is 0 Å². The van der Waals surface area contributed by atoms with Crippen molar-refractivity contribution < 1.29 is 0 Å². The van der Waals surface area contributed by atoms with Crippen LogP contribution in [-0.2, 0) is 0 Å². The molecule has 0 fully saturated rings. The summed E-state index contributed by atoms with van der Waals surface area (Å²) >= 11 is 1.91. The van der Waals surface area contributed by atoms with Crippen LogP contribution in [0, 0.1) is 0 Å². The molecule has 0 radical (unpaired) electrons. The first-order valence-corrected chi connectivity index (χ1v) is 13.1. The van der Waals surface area contributed by atoms with Gasteiger partial charge in [-0.1, -0.05) is 84.9 Å². The zero-order chi connectivity index (χ0) is 23.6. The van der Waals surface area contributed by atoms with Crippen LogP contribution in [0.1, 0.15) is 0 Å². The molecule has 6 aromatic carbocycles. The molecule has 0 saturated heterocycles. The molecule has 0 saturated carbocycles. The molecule has 8 rings (SSSR count). The molecule has 0 bridgehead atoms. The summed E-state index contributed by atoms with van der Waals surface area (Å²) in [5.74, 6) is 0. The largest absolute Gasteiger partial charge is 0.317 e. The number of para-hydroxylation sites is 1. The van der Waals surface area contributed by atoms with Crippen LogP contribution in [0.2, 0.25) is 0 Å². The summed E-state index contributed by atoms with van der Waals surface area (Å²) in [7, 11) is 0. The van der Waals surface area contributed by atoms with Gasteiger partial charge in [-0.25, -0.2) is 0 Å². The Hall–Kier alpha value is -4.40. The molecule has 0 aliphatic rings. The van der Waals surface area contributed by atoms with Crippen LogP contribution in [-0.4, -0.2) is 4.57 Å². The van der Waals surface area contributed by atoms with Gasteiger partial charge in [-0.05, 0) is 63.7 Å². The molecule has 36 heavy (non-hydrogen) atoms. The number of benzene rings is 6. The van der Waals surface area contributed by atoms with Crippen LogP contribution in [0.15, 0.2) is 128 Å². The first kappa shape index (κ1) is 19.9. The fraction of sp³-hybridized carbons (Fsp3) is 0. The minimum atomic E-state index is 1.18. The highest BCUT2D eigenvalue weighted by molar-refractivity contribution is 7.26. The third-order valence-corrected chi connectivity index (χ3v) is 8.61.